The molecule has 0 radical (unpaired) electrons. The largest absolute Gasteiger partial charge is 0.336 e. The zero-order valence-corrected chi connectivity index (χ0v) is 13.6. The first kappa shape index (κ1) is 14.5. The van der Waals surface area contributed by atoms with Gasteiger partial charge >= 0.3 is 0 Å². The molecule has 1 unspecified atom stereocenters. The molecule has 1 fully saturated rings. The number of fused-ring (bicyclic) bond motifs is 1. The summed E-state index contributed by atoms with van der Waals surface area (Å²) in [5.41, 5.74) is 1.72. The smallest absolute Gasteiger partial charge is 0.254 e. The molecule has 1 aromatic carbocycles. The van der Waals surface area contributed by atoms with E-state index in [2.05, 4.69) is 25.8 Å². The Labute approximate surface area is 133 Å². The maximum atomic E-state index is 12.8. The number of rotatable bonds is 4. The lowest BCUT2D eigenvalue weighted by Crippen LogP contribution is -2.35. The molecule has 1 amide bonds. The molecular weight excluding hydrogens is 328 g/mol. The minimum atomic E-state index is 0.165. The topological polar surface area (TPSA) is 33.2 Å². The van der Waals surface area contributed by atoms with Gasteiger partial charge in [-0.2, -0.15) is 0 Å². The molecule has 2 heterocycles. The fourth-order valence-electron chi connectivity index (χ4n) is 3.09. The normalized spacial score (nSPS) is 18.3. The van der Waals surface area contributed by atoms with Crippen molar-refractivity contribution in [2.75, 3.05) is 11.9 Å². The lowest BCUT2D eigenvalue weighted by molar-refractivity contribution is 0.0730. The molecule has 0 bridgehead atoms. The van der Waals surface area contributed by atoms with Crippen molar-refractivity contribution in [2.24, 2.45) is 0 Å². The van der Waals surface area contributed by atoms with E-state index in [4.69, 9.17) is 0 Å². The fourth-order valence-corrected chi connectivity index (χ4v) is 3.41. The summed E-state index contributed by atoms with van der Waals surface area (Å²) in [6.45, 7) is 0.886. The molecule has 1 aliphatic heterocycles. The van der Waals surface area contributed by atoms with Gasteiger partial charge in [-0.05, 0) is 49.9 Å². The molecule has 2 aromatic rings. The quantitative estimate of drug-likeness (QED) is 0.783. The van der Waals surface area contributed by atoms with Gasteiger partial charge in [-0.1, -0.05) is 22.0 Å². The van der Waals surface area contributed by atoms with Crippen LogP contribution >= 0.6 is 15.9 Å². The van der Waals surface area contributed by atoms with Crippen LogP contribution < -0.4 is 0 Å². The second-order valence-electron chi connectivity index (χ2n) is 5.54. The highest BCUT2D eigenvalue weighted by molar-refractivity contribution is 9.09. The van der Waals surface area contributed by atoms with Gasteiger partial charge in [0.25, 0.3) is 5.91 Å². The second-order valence-corrected chi connectivity index (χ2v) is 6.33. The summed E-state index contributed by atoms with van der Waals surface area (Å²) in [7, 11) is 0. The molecule has 1 aliphatic rings. The number of carbonyl (C=O) groups excluding carboxylic acids is 1. The van der Waals surface area contributed by atoms with Crippen LogP contribution in [0.15, 0.2) is 36.5 Å². The molecule has 1 atom stereocenters. The van der Waals surface area contributed by atoms with E-state index in [0.29, 0.717) is 6.04 Å². The summed E-state index contributed by atoms with van der Waals surface area (Å²) in [5, 5.41) is 2.03. The molecule has 0 N–H and O–H groups in total. The summed E-state index contributed by atoms with van der Waals surface area (Å²) in [6.07, 6.45) is 6.24. The summed E-state index contributed by atoms with van der Waals surface area (Å²) in [5.74, 6) is 0.165. The van der Waals surface area contributed by atoms with Crippen LogP contribution in [0.1, 0.15) is 36.0 Å². The summed E-state index contributed by atoms with van der Waals surface area (Å²) in [4.78, 5) is 19.1. The highest BCUT2D eigenvalue weighted by Crippen LogP contribution is 2.25. The summed E-state index contributed by atoms with van der Waals surface area (Å²) >= 11 is 3.48. The van der Waals surface area contributed by atoms with E-state index in [1.807, 2.05) is 30.3 Å². The first-order chi connectivity index (χ1) is 10.3. The molecule has 0 aliphatic carbocycles. The van der Waals surface area contributed by atoms with Crippen molar-refractivity contribution < 1.29 is 4.79 Å². The molecule has 3 nitrogen and oxygen atoms in total. The minimum absolute atomic E-state index is 0.165. The molecule has 0 spiro atoms. The Morgan fingerprint density at radius 1 is 1.38 bits per heavy atom. The first-order valence-corrected chi connectivity index (χ1v) is 8.63. The predicted molar refractivity (Wildman–Crippen MR) is 88.8 cm³/mol. The molecule has 3 rings (SSSR count). The van der Waals surface area contributed by atoms with Crippen molar-refractivity contribution in [3.63, 3.8) is 0 Å². The Kier molecular flexibility index (Phi) is 4.54. The number of likely N-dealkylation sites (tertiary alicyclic amines) is 1. The number of pyridine rings is 1. The number of amides is 1. The SMILES string of the molecule is O=C(c1ccc2ncccc2c1)N1CCCC1CCCBr. The van der Waals surface area contributed by atoms with E-state index in [1.165, 1.54) is 0 Å². The third-order valence-electron chi connectivity index (χ3n) is 4.16. The highest BCUT2D eigenvalue weighted by Gasteiger charge is 2.28. The van der Waals surface area contributed by atoms with Crippen LogP contribution in [-0.4, -0.2) is 33.7 Å². The van der Waals surface area contributed by atoms with E-state index in [0.717, 1.165) is 54.0 Å². The maximum absolute atomic E-state index is 12.8. The number of carbonyl (C=O) groups is 1. The number of alkyl halides is 1. The lowest BCUT2D eigenvalue weighted by Gasteiger charge is -2.24. The number of aromatic nitrogens is 1. The number of hydrogen-bond acceptors (Lipinski definition) is 2. The van der Waals surface area contributed by atoms with Crippen molar-refractivity contribution >= 4 is 32.7 Å². The Morgan fingerprint density at radius 2 is 2.29 bits per heavy atom. The maximum Gasteiger partial charge on any atom is 0.254 e. The van der Waals surface area contributed by atoms with Crippen LogP contribution in [0.2, 0.25) is 0 Å². The monoisotopic (exact) mass is 346 g/mol. The van der Waals surface area contributed by atoms with Gasteiger partial charge in [-0.15, -0.1) is 0 Å². The fraction of sp³-hybridized carbons (Fsp3) is 0.412. The zero-order valence-electron chi connectivity index (χ0n) is 12.0. The van der Waals surface area contributed by atoms with Crippen molar-refractivity contribution in [3.05, 3.63) is 42.1 Å². The molecular formula is C17H19BrN2O. The van der Waals surface area contributed by atoms with Crippen molar-refractivity contribution in [2.45, 2.75) is 31.7 Å². The molecule has 110 valence electrons. The van der Waals surface area contributed by atoms with E-state index >= 15 is 0 Å². The Bertz CT molecular complexity index is 643. The number of nitrogens with zero attached hydrogens (tertiary/aromatic N) is 2. The first-order valence-electron chi connectivity index (χ1n) is 7.51. The van der Waals surface area contributed by atoms with Crippen LogP contribution in [-0.2, 0) is 0 Å². The van der Waals surface area contributed by atoms with Crippen LogP contribution in [0, 0.1) is 0 Å². The molecule has 21 heavy (non-hydrogen) atoms. The second kappa shape index (κ2) is 6.56. The van der Waals surface area contributed by atoms with Gasteiger partial charge in [0.2, 0.25) is 0 Å². The summed E-state index contributed by atoms with van der Waals surface area (Å²) < 4.78 is 0. The van der Waals surface area contributed by atoms with Gasteiger partial charge in [0, 0.05) is 35.1 Å². The highest BCUT2D eigenvalue weighted by atomic mass is 79.9. The average Bonchev–Trinajstić information content (AvgIpc) is 3.00. The van der Waals surface area contributed by atoms with Crippen molar-refractivity contribution in [1.29, 1.82) is 0 Å². The molecule has 1 saturated heterocycles. The third kappa shape index (κ3) is 3.10. The number of hydrogen-bond donors (Lipinski definition) is 0. The zero-order chi connectivity index (χ0) is 14.7. The van der Waals surface area contributed by atoms with E-state index in [9.17, 15) is 4.79 Å². The number of halogens is 1. The van der Waals surface area contributed by atoms with Gasteiger partial charge in [0.15, 0.2) is 0 Å². The van der Waals surface area contributed by atoms with Crippen molar-refractivity contribution in [1.82, 2.24) is 9.88 Å². The minimum Gasteiger partial charge on any atom is -0.336 e. The van der Waals surface area contributed by atoms with E-state index < -0.39 is 0 Å². The molecule has 0 saturated carbocycles. The van der Waals surface area contributed by atoms with Gasteiger partial charge in [0.05, 0.1) is 5.52 Å². The lowest BCUT2D eigenvalue weighted by atomic mass is 10.1. The van der Waals surface area contributed by atoms with Gasteiger partial charge in [-0.3, -0.25) is 9.78 Å². The average molecular weight is 347 g/mol. The van der Waals surface area contributed by atoms with Crippen LogP contribution in [0.25, 0.3) is 10.9 Å². The third-order valence-corrected chi connectivity index (χ3v) is 4.72. The summed E-state index contributed by atoms with van der Waals surface area (Å²) in [6, 6.07) is 10.1. The van der Waals surface area contributed by atoms with Gasteiger partial charge in [0.1, 0.15) is 0 Å². The van der Waals surface area contributed by atoms with Crippen LogP contribution in [0.4, 0.5) is 0 Å². The Hall–Kier alpha value is -1.42. The van der Waals surface area contributed by atoms with Crippen LogP contribution in [0.3, 0.4) is 0 Å². The standard InChI is InChI=1S/C17H19BrN2O/c18-9-1-5-15-6-3-11-20(15)17(21)14-7-8-16-13(12-14)4-2-10-19-16/h2,4,7-8,10,12,15H,1,3,5-6,9,11H2. The van der Waals surface area contributed by atoms with Crippen LogP contribution in [0.5, 0.6) is 0 Å². The van der Waals surface area contributed by atoms with Gasteiger partial charge in [-0.25, -0.2) is 0 Å². The van der Waals surface area contributed by atoms with E-state index in [1.54, 1.807) is 6.20 Å². The molecule has 1 aromatic heterocycles. The van der Waals surface area contributed by atoms with E-state index in [-0.39, 0.29) is 5.91 Å². The Balaban J connectivity index is 1.82. The van der Waals surface area contributed by atoms with Gasteiger partial charge < -0.3 is 4.90 Å². The predicted octanol–water partition coefficient (Wildman–Crippen LogP) is 4.01. The Morgan fingerprint density at radius 3 is 3.14 bits per heavy atom. The van der Waals surface area contributed by atoms with Crippen molar-refractivity contribution in [3.8, 4) is 0 Å². The number of benzene rings is 1. The molecule has 4 heteroatoms.